The average Bonchev–Trinajstić information content (AvgIpc) is 3.40. The number of thiophene rings is 1. The number of benzene rings is 2. The molecule has 0 saturated carbocycles. The predicted molar refractivity (Wildman–Crippen MR) is 130 cm³/mol. The number of aryl methyl sites for hydroxylation is 1. The summed E-state index contributed by atoms with van der Waals surface area (Å²) in [5.41, 5.74) is 14.3. The first kappa shape index (κ1) is 25.9. The Morgan fingerprint density at radius 2 is 1.53 bits per heavy atom. The Morgan fingerprint density at radius 3 is 2.16 bits per heavy atom. The van der Waals surface area contributed by atoms with Crippen LogP contribution in [0.2, 0.25) is 13.1 Å². The monoisotopic (exact) mass is 571 g/mol. The molecule has 5 heteroatoms. The van der Waals surface area contributed by atoms with Crippen molar-refractivity contribution in [2.24, 2.45) is 0 Å². The zero-order chi connectivity index (χ0) is 21.2. The first-order chi connectivity index (χ1) is 14.3. The SMILES string of the molecule is CC1=C2c3cscc3C1[Si]2(C)C.CC1=Cc2c(-c3ccc(C)cc3)cccc2[CH]1[Zr+2].[Cl-].[Cl-]. The van der Waals surface area contributed by atoms with Gasteiger partial charge in [0.25, 0.3) is 0 Å². The Kier molecular flexibility index (Phi) is 7.70. The summed E-state index contributed by atoms with van der Waals surface area (Å²) in [4.78, 5) is 0. The molecule has 0 amide bonds. The van der Waals surface area contributed by atoms with Crippen molar-refractivity contribution >= 4 is 30.7 Å². The molecule has 0 fully saturated rings. The molecule has 0 N–H and O–H groups in total. The van der Waals surface area contributed by atoms with Gasteiger partial charge in [0.05, 0.1) is 8.07 Å². The maximum absolute atomic E-state index is 2.50. The molecule has 1 aromatic heterocycles. The van der Waals surface area contributed by atoms with E-state index in [-0.39, 0.29) is 24.8 Å². The van der Waals surface area contributed by atoms with Gasteiger partial charge in [-0.15, -0.1) is 0 Å². The molecule has 2 aromatic carbocycles. The van der Waals surface area contributed by atoms with Crippen LogP contribution in [0.15, 0.2) is 64.4 Å². The molecule has 7 rings (SSSR count). The van der Waals surface area contributed by atoms with Crippen LogP contribution < -0.4 is 24.8 Å². The molecule has 0 nitrogen and oxygen atoms in total. The molecule has 3 heterocycles. The molecular formula is C27H27Cl2SSiZr. The van der Waals surface area contributed by atoms with Crippen molar-refractivity contribution in [2.75, 3.05) is 0 Å². The molecule has 2 atom stereocenters. The van der Waals surface area contributed by atoms with E-state index < -0.39 is 8.07 Å². The third kappa shape index (κ3) is 3.93. The molecular weight excluding hydrogens is 547 g/mol. The Labute approximate surface area is 224 Å². The van der Waals surface area contributed by atoms with Crippen molar-refractivity contribution in [3.05, 3.63) is 92.2 Å². The molecule has 0 radical (unpaired) electrons. The summed E-state index contributed by atoms with van der Waals surface area (Å²) in [6.07, 6.45) is 2.36. The quantitative estimate of drug-likeness (QED) is 0.392. The number of fused-ring (bicyclic) bond motifs is 1. The fraction of sp³-hybridized carbons (Fsp3) is 0.259. The second kappa shape index (κ2) is 9.51. The van der Waals surface area contributed by atoms with Crippen molar-refractivity contribution in [1.29, 1.82) is 0 Å². The summed E-state index contributed by atoms with van der Waals surface area (Å²) in [7, 11) is -0.976. The summed E-state index contributed by atoms with van der Waals surface area (Å²) in [6.45, 7) is 11.7. The fourth-order valence-electron chi connectivity index (χ4n) is 5.71. The van der Waals surface area contributed by atoms with E-state index in [9.17, 15) is 0 Å². The minimum Gasteiger partial charge on any atom is -1.00 e. The van der Waals surface area contributed by atoms with E-state index in [0.29, 0.717) is 3.63 Å². The van der Waals surface area contributed by atoms with Crippen LogP contribution in [0.3, 0.4) is 0 Å². The van der Waals surface area contributed by atoms with Crippen molar-refractivity contribution < 1.29 is 49.5 Å². The Bertz CT molecular complexity index is 1220. The van der Waals surface area contributed by atoms with Gasteiger partial charge >= 0.3 is 124 Å². The Hall–Kier alpha value is -0.700. The maximum Gasteiger partial charge on any atom is -1.00 e. The third-order valence-electron chi connectivity index (χ3n) is 7.11. The first-order valence-corrected chi connectivity index (χ1v) is 16.1. The largest absolute Gasteiger partial charge is 1.00 e. The van der Waals surface area contributed by atoms with Gasteiger partial charge in [0.2, 0.25) is 0 Å². The van der Waals surface area contributed by atoms with E-state index >= 15 is 0 Å². The molecule has 2 aliphatic carbocycles. The molecule has 4 aliphatic rings. The van der Waals surface area contributed by atoms with Crippen molar-refractivity contribution in [3.8, 4) is 11.1 Å². The molecule has 0 saturated heterocycles. The average molecular weight is 574 g/mol. The molecule has 3 aromatic rings. The van der Waals surface area contributed by atoms with Gasteiger partial charge in [0, 0.05) is 5.54 Å². The second-order valence-corrected chi connectivity index (χ2v) is 16.1. The molecule has 2 unspecified atom stereocenters. The van der Waals surface area contributed by atoms with E-state index in [1.54, 1.807) is 46.6 Å². The van der Waals surface area contributed by atoms with E-state index in [1.807, 2.05) is 11.3 Å². The number of hydrogen-bond donors (Lipinski definition) is 0. The summed E-state index contributed by atoms with van der Waals surface area (Å²) in [5.74, 6) is 0. The minimum absolute atomic E-state index is 0. The van der Waals surface area contributed by atoms with Crippen LogP contribution in [-0.2, 0) is 24.7 Å². The van der Waals surface area contributed by atoms with Crippen LogP contribution >= 0.6 is 11.3 Å². The Morgan fingerprint density at radius 1 is 0.844 bits per heavy atom. The number of allylic oxidation sites excluding steroid dienone is 2. The predicted octanol–water partition coefficient (Wildman–Crippen LogP) is 2.09. The Balaban J connectivity index is 0.000000181. The number of hydrogen-bond acceptors (Lipinski definition) is 1. The van der Waals surface area contributed by atoms with Crippen LogP contribution in [0.5, 0.6) is 0 Å². The van der Waals surface area contributed by atoms with Crippen LogP contribution in [-0.4, -0.2) is 8.07 Å². The summed E-state index contributed by atoms with van der Waals surface area (Å²) < 4.78 is 0.651. The maximum atomic E-state index is 2.50. The number of rotatable bonds is 1. The number of halogens is 2. The summed E-state index contributed by atoms with van der Waals surface area (Å²) in [5, 5.41) is 6.47. The van der Waals surface area contributed by atoms with Gasteiger partial charge in [-0.1, -0.05) is 23.9 Å². The van der Waals surface area contributed by atoms with Gasteiger partial charge < -0.3 is 24.8 Å². The normalized spacial score (nSPS) is 20.7. The smallest absolute Gasteiger partial charge is 1.00 e. The van der Waals surface area contributed by atoms with Crippen LogP contribution in [0.4, 0.5) is 0 Å². The van der Waals surface area contributed by atoms with Crippen molar-refractivity contribution in [1.82, 2.24) is 0 Å². The van der Waals surface area contributed by atoms with Gasteiger partial charge in [-0.05, 0) is 28.8 Å². The zero-order valence-corrected chi connectivity index (χ0v) is 24.9. The molecule has 163 valence electrons. The fourth-order valence-corrected chi connectivity index (χ4v) is 12.0. The van der Waals surface area contributed by atoms with Crippen molar-refractivity contribution in [2.45, 2.75) is 43.0 Å². The van der Waals surface area contributed by atoms with E-state index in [4.69, 9.17) is 0 Å². The third-order valence-corrected chi connectivity index (χ3v) is 13.9. The zero-order valence-electron chi connectivity index (χ0n) is 19.1. The molecule has 2 aliphatic heterocycles. The van der Waals surface area contributed by atoms with Crippen LogP contribution in [0.25, 0.3) is 22.4 Å². The van der Waals surface area contributed by atoms with E-state index in [0.717, 1.165) is 5.54 Å². The molecule has 32 heavy (non-hydrogen) atoms. The second-order valence-electron chi connectivity index (χ2n) is 9.45. The van der Waals surface area contributed by atoms with Gasteiger partial charge in [-0.2, -0.15) is 11.3 Å². The van der Waals surface area contributed by atoms with E-state index in [2.05, 4.69) is 93.2 Å². The van der Waals surface area contributed by atoms with E-state index in [1.165, 1.54) is 33.4 Å². The molecule has 2 bridgehead atoms. The van der Waals surface area contributed by atoms with Crippen LogP contribution in [0, 0.1) is 6.92 Å². The van der Waals surface area contributed by atoms with Gasteiger partial charge in [0.1, 0.15) is 0 Å². The van der Waals surface area contributed by atoms with Gasteiger partial charge in [-0.25, -0.2) is 0 Å². The topological polar surface area (TPSA) is 0 Å². The summed E-state index contributed by atoms with van der Waals surface area (Å²) >= 11 is 3.45. The molecule has 0 spiro atoms. The van der Waals surface area contributed by atoms with Gasteiger partial charge in [-0.3, -0.25) is 0 Å². The summed E-state index contributed by atoms with van der Waals surface area (Å²) in [6, 6.07) is 15.5. The first-order valence-electron chi connectivity index (χ1n) is 10.7. The van der Waals surface area contributed by atoms with Gasteiger partial charge in [0.15, 0.2) is 0 Å². The van der Waals surface area contributed by atoms with Crippen molar-refractivity contribution in [3.63, 3.8) is 0 Å². The van der Waals surface area contributed by atoms with Crippen LogP contribution in [0.1, 0.15) is 50.8 Å². The minimum atomic E-state index is -0.976. The standard InChI is InChI=1S/C17H15.C10H12SSi.2ClH.Zr/c1-12-6-8-14(9-7-12)16-5-3-4-15-10-13(2)11-17(15)16;1-6-9-7-4-11-5-8(7)10(6)12(9,2)3;;;/h3-11H,1-2H3;4-5,9H,1-3H3;2*1H;/q;;;;+2/p-2.